The molecule has 1 aliphatic heterocycles. The number of phosphoric acid groups is 1. The fourth-order valence-corrected chi connectivity index (χ4v) is 8.30. The molecule has 1 saturated heterocycles. The van der Waals surface area contributed by atoms with Crippen LogP contribution in [0.1, 0.15) is 126 Å². The number of rotatable bonds is 32. The van der Waals surface area contributed by atoms with E-state index in [1.54, 1.807) is 24.3 Å². The van der Waals surface area contributed by atoms with Gasteiger partial charge in [0, 0.05) is 12.2 Å². The van der Waals surface area contributed by atoms with Crippen LogP contribution in [0.15, 0.2) is 41.7 Å². The van der Waals surface area contributed by atoms with Gasteiger partial charge in [0.05, 0.1) is 64.0 Å². The molecule has 60 heavy (non-hydrogen) atoms. The summed E-state index contributed by atoms with van der Waals surface area (Å²) in [4.78, 5) is 18.6. The van der Waals surface area contributed by atoms with Crippen LogP contribution in [0.25, 0.3) is 5.52 Å². The highest BCUT2D eigenvalue weighted by atomic mass is 31.2. The fourth-order valence-electron chi connectivity index (χ4n) is 7.49. The smallest absolute Gasteiger partial charge is 0.472 e. The van der Waals surface area contributed by atoms with Crippen molar-refractivity contribution in [1.82, 2.24) is 14.6 Å². The van der Waals surface area contributed by atoms with Gasteiger partial charge in [0.15, 0.2) is 11.4 Å². The van der Waals surface area contributed by atoms with Crippen LogP contribution in [0.5, 0.6) is 5.75 Å². The Morgan fingerprint density at radius 1 is 1.02 bits per heavy atom. The van der Waals surface area contributed by atoms with Crippen molar-refractivity contribution >= 4 is 25.9 Å². The van der Waals surface area contributed by atoms with E-state index in [1.807, 2.05) is 0 Å². The standard InChI is InChI=1S/C43H67N6O10P/c1-4-5-6-7-8-9-10-11-12-13-14-15-16-17-18-19-24-55-28-36(56-27-35-21-20-34(26-44)25-38(35)54-3)29-58-60(52,53)59-31-42(30-46-2)41(50)43(51,32-57-42)39-23-22-37-40(45)47-33-48-49(37)39/h20-23,25,33,36,41,50-51H,2,4-19,24,27-32H2,1,3H3,(H,52,53)(H2,45,47,48)/t36-,41+,42+,43-/m0/s1. The lowest BCUT2D eigenvalue weighted by atomic mass is 9.85. The number of methoxy groups -OCH3 is 1. The Hall–Kier alpha value is -3.49. The summed E-state index contributed by atoms with van der Waals surface area (Å²) in [5.74, 6) is 0.622. The number of ether oxygens (including phenoxy) is 4. The third kappa shape index (κ3) is 14.6. The number of aromatic nitrogens is 3. The Kier molecular flexibility index (Phi) is 20.9. The first-order chi connectivity index (χ1) is 29.0. The molecule has 0 amide bonds. The summed E-state index contributed by atoms with van der Waals surface area (Å²) >= 11 is 0. The molecule has 0 spiro atoms. The average molecular weight is 859 g/mol. The van der Waals surface area contributed by atoms with Crippen LogP contribution < -0.4 is 10.5 Å². The monoisotopic (exact) mass is 858 g/mol. The van der Waals surface area contributed by atoms with Gasteiger partial charge in [0.1, 0.15) is 35.4 Å². The number of phosphoric ester groups is 1. The minimum Gasteiger partial charge on any atom is -0.496 e. The largest absolute Gasteiger partial charge is 0.496 e. The third-order valence-electron chi connectivity index (χ3n) is 11.1. The number of nitrogen functional groups attached to an aromatic ring is 1. The first-order valence-corrected chi connectivity index (χ1v) is 23.0. The molecule has 0 radical (unpaired) electrons. The van der Waals surface area contributed by atoms with Crippen molar-refractivity contribution in [1.29, 1.82) is 5.26 Å². The first-order valence-electron chi connectivity index (χ1n) is 21.5. The second-order valence-corrected chi connectivity index (χ2v) is 17.2. The summed E-state index contributed by atoms with van der Waals surface area (Å²) in [6.07, 6.45) is 19.0. The Morgan fingerprint density at radius 2 is 1.67 bits per heavy atom. The highest BCUT2D eigenvalue weighted by Gasteiger charge is 2.60. The molecule has 1 aromatic carbocycles. The summed E-state index contributed by atoms with van der Waals surface area (Å²) in [5.41, 5.74) is 3.80. The molecule has 1 unspecified atom stereocenters. The lowest BCUT2D eigenvalue weighted by Gasteiger charge is -2.33. The molecule has 334 valence electrons. The molecule has 4 rings (SSSR count). The molecule has 1 fully saturated rings. The third-order valence-corrected chi connectivity index (χ3v) is 12.0. The summed E-state index contributed by atoms with van der Waals surface area (Å²) in [5, 5.41) is 36.7. The fraction of sp³-hybridized carbons (Fsp3) is 0.674. The Morgan fingerprint density at radius 3 is 2.28 bits per heavy atom. The summed E-state index contributed by atoms with van der Waals surface area (Å²) < 4.78 is 48.8. The number of benzene rings is 1. The number of aliphatic hydroxyl groups is 2. The van der Waals surface area contributed by atoms with Gasteiger partial charge in [0.2, 0.25) is 0 Å². The Balaban J connectivity index is 1.24. The summed E-state index contributed by atoms with van der Waals surface area (Å²) in [6, 6.07) is 10.2. The number of anilines is 1. The molecule has 17 heteroatoms. The predicted molar refractivity (Wildman–Crippen MR) is 229 cm³/mol. The van der Waals surface area contributed by atoms with Crippen molar-refractivity contribution in [2.75, 3.05) is 52.4 Å². The van der Waals surface area contributed by atoms with Gasteiger partial charge in [-0.05, 0) is 37.4 Å². The number of nitrogens with two attached hydrogens (primary N) is 1. The van der Waals surface area contributed by atoms with Crippen molar-refractivity contribution in [3.05, 3.63) is 53.5 Å². The Labute approximate surface area is 355 Å². The van der Waals surface area contributed by atoms with Gasteiger partial charge < -0.3 is 39.8 Å². The molecule has 0 bridgehead atoms. The zero-order valence-electron chi connectivity index (χ0n) is 35.5. The van der Waals surface area contributed by atoms with Crippen molar-refractivity contribution < 1.29 is 47.7 Å². The SMILES string of the molecule is C=NC[C@]1(COP(=O)(O)OC[C@H](COCCCCCCCCCCCCCCCCCC)OCc2ccc(C#N)cc2OC)OC[C@](O)(c2ccc3c(N)ncnn23)[C@@H]1O. The van der Waals surface area contributed by atoms with E-state index in [4.69, 9.17) is 33.7 Å². The number of hydrogen-bond acceptors (Lipinski definition) is 14. The van der Waals surface area contributed by atoms with E-state index in [-0.39, 0.29) is 37.9 Å². The molecule has 16 nitrogen and oxygen atoms in total. The maximum absolute atomic E-state index is 13.3. The van der Waals surface area contributed by atoms with E-state index in [9.17, 15) is 24.9 Å². The lowest BCUT2D eigenvalue weighted by Crippen LogP contribution is -2.53. The van der Waals surface area contributed by atoms with Crippen LogP contribution in [0.4, 0.5) is 5.82 Å². The van der Waals surface area contributed by atoms with Crippen molar-refractivity contribution in [2.45, 2.75) is 140 Å². The number of nitriles is 1. The zero-order valence-corrected chi connectivity index (χ0v) is 36.4. The molecule has 1 aliphatic rings. The van der Waals surface area contributed by atoms with Crippen molar-refractivity contribution in [2.24, 2.45) is 4.99 Å². The van der Waals surface area contributed by atoms with Gasteiger partial charge in [-0.15, -0.1) is 0 Å². The van der Waals surface area contributed by atoms with Crippen LogP contribution in [0, 0.1) is 11.3 Å². The van der Waals surface area contributed by atoms with E-state index >= 15 is 0 Å². The summed E-state index contributed by atoms with van der Waals surface area (Å²) in [7, 11) is -3.32. The minimum atomic E-state index is -4.81. The number of aliphatic imine (C=N–C) groups is 1. The van der Waals surface area contributed by atoms with E-state index in [1.165, 1.54) is 107 Å². The number of aliphatic hydroxyl groups excluding tert-OH is 1. The predicted octanol–water partition coefficient (Wildman–Crippen LogP) is 7.21. The maximum atomic E-state index is 13.3. The molecule has 5 N–H and O–H groups in total. The van der Waals surface area contributed by atoms with Crippen LogP contribution >= 0.6 is 7.82 Å². The zero-order chi connectivity index (χ0) is 43.3. The second-order valence-electron chi connectivity index (χ2n) is 15.7. The molecule has 5 atom stereocenters. The van der Waals surface area contributed by atoms with Crippen LogP contribution in [0.2, 0.25) is 0 Å². The van der Waals surface area contributed by atoms with Gasteiger partial charge >= 0.3 is 7.82 Å². The molecule has 0 aliphatic carbocycles. The highest BCUT2D eigenvalue weighted by molar-refractivity contribution is 7.47. The van der Waals surface area contributed by atoms with Gasteiger partial charge in [-0.3, -0.25) is 14.0 Å². The Bertz CT molecular complexity index is 1830. The molecule has 3 aromatic rings. The van der Waals surface area contributed by atoms with Crippen molar-refractivity contribution in [3.63, 3.8) is 0 Å². The van der Waals surface area contributed by atoms with E-state index in [0.29, 0.717) is 29.0 Å². The first kappa shape index (κ1) is 49.2. The van der Waals surface area contributed by atoms with Crippen LogP contribution in [-0.4, -0.2) is 101 Å². The minimum absolute atomic E-state index is 0.0413. The average Bonchev–Trinajstić information content (AvgIpc) is 3.80. The van der Waals surface area contributed by atoms with Crippen molar-refractivity contribution in [3.8, 4) is 11.8 Å². The normalized spacial score (nSPS) is 20.6. The molecule has 3 heterocycles. The number of unbranched alkanes of at least 4 members (excludes halogenated alkanes) is 15. The molecule has 2 aromatic heterocycles. The quantitative estimate of drug-likeness (QED) is 0.0277. The van der Waals surface area contributed by atoms with Gasteiger partial charge in [-0.2, -0.15) is 10.4 Å². The molecular weight excluding hydrogens is 791 g/mol. The lowest BCUT2D eigenvalue weighted by molar-refractivity contribution is -0.105. The van der Waals surface area contributed by atoms with E-state index in [0.717, 1.165) is 19.3 Å². The van der Waals surface area contributed by atoms with Crippen LogP contribution in [-0.2, 0) is 40.0 Å². The number of nitrogens with zero attached hydrogens (tertiary/aromatic N) is 5. The van der Waals surface area contributed by atoms with Crippen LogP contribution in [0.3, 0.4) is 0 Å². The number of fused-ring (bicyclic) bond motifs is 1. The highest BCUT2D eigenvalue weighted by Crippen LogP contribution is 2.48. The topological polar surface area (TPSA) is 226 Å². The van der Waals surface area contributed by atoms with E-state index < -0.39 is 44.4 Å². The van der Waals surface area contributed by atoms with Gasteiger partial charge in [0.25, 0.3) is 0 Å². The molecule has 0 saturated carbocycles. The van der Waals surface area contributed by atoms with E-state index in [2.05, 4.69) is 34.8 Å². The number of hydrogen-bond donors (Lipinski definition) is 4. The molecular formula is C43H67N6O10P. The maximum Gasteiger partial charge on any atom is 0.472 e. The second kappa shape index (κ2) is 25.4. The van der Waals surface area contributed by atoms with Gasteiger partial charge in [-0.1, -0.05) is 109 Å². The van der Waals surface area contributed by atoms with Gasteiger partial charge in [-0.25, -0.2) is 14.1 Å². The summed E-state index contributed by atoms with van der Waals surface area (Å²) in [6.45, 7) is 4.55.